The second-order valence-electron chi connectivity index (χ2n) is 8.27. The molecule has 0 aliphatic carbocycles. The standard InChI is InChI=1S/C25H26N6O3/c1-33-25(32)30-24-21-3-2-20(14-19(21)5-8-28-24)29-15-17-4-7-27-23(13-17)34-16-18-6-10-31-11-9-26-22(31)12-18/h2-5,7-9,11,13-14,18,29H,6,10,12,15-16H2,1H3,(H,28,30,32). The largest absolute Gasteiger partial charge is 0.477 e. The summed E-state index contributed by atoms with van der Waals surface area (Å²) in [5.74, 6) is 2.68. The Kier molecular flexibility index (Phi) is 6.24. The molecule has 4 heterocycles. The van der Waals surface area contributed by atoms with Gasteiger partial charge in [-0.1, -0.05) is 0 Å². The maximum Gasteiger partial charge on any atom is 0.412 e. The van der Waals surface area contributed by atoms with Crippen molar-refractivity contribution >= 4 is 28.4 Å². The molecule has 1 unspecified atom stereocenters. The third-order valence-electron chi connectivity index (χ3n) is 5.98. The Balaban J connectivity index is 1.19. The SMILES string of the molecule is COC(=O)Nc1nccc2cc(NCc3ccnc(OCC4CCn5ccnc5C4)c3)ccc12. The van der Waals surface area contributed by atoms with Gasteiger partial charge in [-0.05, 0) is 47.7 Å². The van der Waals surface area contributed by atoms with Crippen LogP contribution in [0.4, 0.5) is 16.3 Å². The number of hydrogen-bond donors (Lipinski definition) is 2. The Morgan fingerprint density at radius 1 is 1.12 bits per heavy atom. The minimum absolute atomic E-state index is 0.448. The van der Waals surface area contributed by atoms with Gasteiger partial charge in [0.05, 0.1) is 13.7 Å². The molecular weight excluding hydrogens is 432 g/mol. The molecule has 1 aliphatic rings. The average molecular weight is 459 g/mol. The highest BCUT2D eigenvalue weighted by Crippen LogP contribution is 2.25. The van der Waals surface area contributed by atoms with Crippen LogP contribution in [0.1, 0.15) is 17.8 Å². The first-order valence-corrected chi connectivity index (χ1v) is 11.2. The van der Waals surface area contributed by atoms with Gasteiger partial charge in [0.25, 0.3) is 0 Å². The number of ether oxygens (including phenoxy) is 2. The number of rotatable bonds is 7. The van der Waals surface area contributed by atoms with Gasteiger partial charge in [-0.15, -0.1) is 0 Å². The molecule has 0 spiro atoms. The van der Waals surface area contributed by atoms with Crippen LogP contribution in [0.15, 0.2) is 61.2 Å². The van der Waals surface area contributed by atoms with E-state index in [2.05, 4.69) is 34.9 Å². The molecule has 174 valence electrons. The van der Waals surface area contributed by atoms with Crippen LogP contribution in [0, 0.1) is 5.92 Å². The summed E-state index contributed by atoms with van der Waals surface area (Å²) in [6.07, 6.45) is 8.80. The van der Waals surface area contributed by atoms with E-state index >= 15 is 0 Å². The van der Waals surface area contributed by atoms with Crippen molar-refractivity contribution in [2.45, 2.75) is 25.9 Å². The summed E-state index contributed by atoms with van der Waals surface area (Å²) in [4.78, 5) is 24.6. The van der Waals surface area contributed by atoms with E-state index in [-0.39, 0.29) is 0 Å². The number of aromatic nitrogens is 4. The minimum atomic E-state index is -0.548. The van der Waals surface area contributed by atoms with E-state index in [1.165, 1.54) is 7.11 Å². The molecular formula is C25H26N6O3. The van der Waals surface area contributed by atoms with Crippen molar-refractivity contribution in [2.75, 3.05) is 24.4 Å². The fraction of sp³-hybridized carbons (Fsp3) is 0.280. The topological polar surface area (TPSA) is 103 Å². The molecule has 1 amide bonds. The first kappa shape index (κ1) is 21.7. The zero-order valence-electron chi connectivity index (χ0n) is 18.9. The zero-order valence-corrected chi connectivity index (χ0v) is 18.9. The van der Waals surface area contributed by atoms with Crippen molar-refractivity contribution in [1.82, 2.24) is 19.5 Å². The highest BCUT2D eigenvalue weighted by molar-refractivity contribution is 5.99. The molecule has 1 atom stereocenters. The van der Waals surface area contributed by atoms with Crippen molar-refractivity contribution < 1.29 is 14.3 Å². The second-order valence-corrected chi connectivity index (χ2v) is 8.27. The van der Waals surface area contributed by atoms with Gasteiger partial charge < -0.3 is 19.4 Å². The number of imidazole rings is 1. The summed E-state index contributed by atoms with van der Waals surface area (Å²) < 4.78 is 12.9. The van der Waals surface area contributed by atoms with Crippen LogP contribution >= 0.6 is 0 Å². The Morgan fingerprint density at radius 2 is 2.03 bits per heavy atom. The third kappa shape index (κ3) is 4.93. The minimum Gasteiger partial charge on any atom is -0.477 e. The van der Waals surface area contributed by atoms with Gasteiger partial charge in [-0.25, -0.2) is 19.7 Å². The van der Waals surface area contributed by atoms with Gasteiger partial charge in [0.15, 0.2) is 0 Å². The predicted octanol–water partition coefficient (Wildman–Crippen LogP) is 4.26. The van der Waals surface area contributed by atoms with Crippen LogP contribution in [0.3, 0.4) is 0 Å². The molecule has 0 radical (unpaired) electrons. The lowest BCUT2D eigenvalue weighted by Gasteiger charge is -2.23. The summed E-state index contributed by atoms with van der Waals surface area (Å²) in [6.45, 7) is 2.25. The lowest BCUT2D eigenvalue weighted by molar-refractivity contribution is 0.187. The predicted molar refractivity (Wildman–Crippen MR) is 129 cm³/mol. The molecule has 0 saturated carbocycles. The number of carbonyl (C=O) groups is 1. The van der Waals surface area contributed by atoms with E-state index in [4.69, 9.17) is 4.74 Å². The molecule has 1 aromatic carbocycles. The van der Waals surface area contributed by atoms with Crippen molar-refractivity contribution in [3.05, 3.63) is 72.6 Å². The quantitative estimate of drug-likeness (QED) is 0.427. The number of benzene rings is 1. The molecule has 3 aromatic heterocycles. The molecule has 5 rings (SSSR count). The van der Waals surface area contributed by atoms with E-state index in [9.17, 15) is 4.79 Å². The highest BCUT2D eigenvalue weighted by atomic mass is 16.5. The number of nitrogens with one attached hydrogen (secondary N) is 2. The molecule has 1 aliphatic heterocycles. The van der Waals surface area contributed by atoms with Crippen molar-refractivity contribution in [3.63, 3.8) is 0 Å². The van der Waals surface area contributed by atoms with E-state index in [0.717, 1.165) is 47.2 Å². The van der Waals surface area contributed by atoms with Crippen LogP contribution < -0.4 is 15.4 Å². The number of aryl methyl sites for hydroxylation is 1. The van der Waals surface area contributed by atoms with E-state index in [1.807, 2.05) is 48.8 Å². The molecule has 34 heavy (non-hydrogen) atoms. The van der Waals surface area contributed by atoms with Crippen LogP contribution in [-0.4, -0.2) is 39.3 Å². The van der Waals surface area contributed by atoms with Crippen LogP contribution in [-0.2, 0) is 24.2 Å². The number of fused-ring (bicyclic) bond motifs is 2. The summed E-state index contributed by atoms with van der Waals surface area (Å²) in [5, 5.41) is 7.87. The van der Waals surface area contributed by atoms with Crippen LogP contribution in [0.5, 0.6) is 5.88 Å². The third-order valence-corrected chi connectivity index (χ3v) is 5.98. The number of methoxy groups -OCH3 is 1. The van der Waals surface area contributed by atoms with Crippen LogP contribution in [0.2, 0.25) is 0 Å². The first-order chi connectivity index (χ1) is 16.7. The Bertz CT molecular complexity index is 1300. The van der Waals surface area contributed by atoms with Crippen molar-refractivity contribution in [1.29, 1.82) is 0 Å². The molecule has 4 aromatic rings. The van der Waals surface area contributed by atoms with Gasteiger partial charge in [-0.2, -0.15) is 0 Å². The van der Waals surface area contributed by atoms with Gasteiger partial charge >= 0.3 is 6.09 Å². The Labute approximate surface area is 197 Å². The smallest absolute Gasteiger partial charge is 0.412 e. The lowest BCUT2D eigenvalue weighted by Crippen LogP contribution is -2.24. The summed E-state index contributed by atoms with van der Waals surface area (Å²) in [7, 11) is 1.32. The Hall–Kier alpha value is -4.14. The van der Waals surface area contributed by atoms with Crippen molar-refractivity contribution in [2.24, 2.45) is 5.92 Å². The summed E-state index contributed by atoms with van der Waals surface area (Å²) in [5.41, 5.74) is 2.03. The normalized spacial score (nSPS) is 14.9. The Morgan fingerprint density at radius 3 is 2.94 bits per heavy atom. The van der Waals surface area contributed by atoms with Crippen molar-refractivity contribution in [3.8, 4) is 5.88 Å². The number of nitrogens with zero attached hydrogens (tertiary/aromatic N) is 4. The molecule has 0 bridgehead atoms. The second kappa shape index (κ2) is 9.78. The number of amides is 1. The number of pyridine rings is 2. The maximum absolute atomic E-state index is 11.5. The number of carbonyl (C=O) groups excluding carboxylic acids is 1. The summed E-state index contributed by atoms with van der Waals surface area (Å²) >= 11 is 0. The number of hydrogen-bond acceptors (Lipinski definition) is 7. The molecule has 9 heteroatoms. The van der Waals surface area contributed by atoms with E-state index < -0.39 is 6.09 Å². The van der Waals surface area contributed by atoms with Crippen LogP contribution in [0.25, 0.3) is 10.8 Å². The van der Waals surface area contributed by atoms with Gasteiger partial charge in [0.2, 0.25) is 5.88 Å². The molecule has 0 saturated heterocycles. The zero-order chi connectivity index (χ0) is 23.3. The molecule has 0 fully saturated rings. The van der Waals surface area contributed by atoms with E-state index in [1.54, 1.807) is 12.4 Å². The van der Waals surface area contributed by atoms with E-state index in [0.29, 0.717) is 30.8 Å². The lowest BCUT2D eigenvalue weighted by atomic mass is 9.99. The fourth-order valence-electron chi connectivity index (χ4n) is 4.14. The maximum atomic E-state index is 11.5. The van der Waals surface area contributed by atoms with Gasteiger partial charge in [0.1, 0.15) is 11.6 Å². The highest BCUT2D eigenvalue weighted by Gasteiger charge is 2.20. The summed E-state index contributed by atoms with van der Waals surface area (Å²) in [6, 6.07) is 11.7. The molecule has 2 N–H and O–H groups in total. The monoisotopic (exact) mass is 458 g/mol. The molecule has 9 nitrogen and oxygen atoms in total. The fourth-order valence-corrected chi connectivity index (χ4v) is 4.14. The average Bonchev–Trinajstić information content (AvgIpc) is 3.34. The number of anilines is 2. The van der Waals surface area contributed by atoms with Gasteiger partial charge in [0, 0.05) is 67.4 Å². The first-order valence-electron chi connectivity index (χ1n) is 11.2. The van der Waals surface area contributed by atoms with Gasteiger partial charge in [-0.3, -0.25) is 5.32 Å².